The van der Waals surface area contributed by atoms with E-state index in [2.05, 4.69) is 20.5 Å². The summed E-state index contributed by atoms with van der Waals surface area (Å²) in [4.78, 5) is 0.262. The predicted octanol–water partition coefficient (Wildman–Crippen LogP) is 3.52. The van der Waals surface area contributed by atoms with Gasteiger partial charge in [0, 0.05) is 22.8 Å². The van der Waals surface area contributed by atoms with Crippen molar-refractivity contribution in [1.82, 2.24) is 25.2 Å². The largest absolute Gasteiger partial charge is 0.382 e. The summed E-state index contributed by atoms with van der Waals surface area (Å²) in [6.07, 6.45) is 1.19. The van der Waals surface area contributed by atoms with E-state index < -0.39 is 9.84 Å². The van der Waals surface area contributed by atoms with Gasteiger partial charge < -0.3 is 5.73 Å². The van der Waals surface area contributed by atoms with Gasteiger partial charge >= 0.3 is 0 Å². The Bertz CT molecular complexity index is 1520. The van der Waals surface area contributed by atoms with Crippen LogP contribution < -0.4 is 5.73 Å². The number of aromatic nitrogens is 5. The number of hydrogen-bond donors (Lipinski definition) is 2. The molecule has 0 aliphatic carbocycles. The van der Waals surface area contributed by atoms with Crippen molar-refractivity contribution < 1.29 is 8.42 Å². The molecule has 0 saturated carbocycles. The van der Waals surface area contributed by atoms with Crippen molar-refractivity contribution in [2.24, 2.45) is 0 Å². The van der Waals surface area contributed by atoms with Gasteiger partial charge in [-0.3, -0.25) is 5.10 Å². The summed E-state index contributed by atoms with van der Waals surface area (Å²) >= 11 is 0. The van der Waals surface area contributed by atoms with Crippen LogP contribution >= 0.6 is 0 Å². The molecule has 2 aromatic heterocycles. The Labute approximate surface area is 184 Å². The van der Waals surface area contributed by atoms with Crippen LogP contribution in [0.3, 0.4) is 0 Å². The minimum absolute atomic E-state index is 0.262. The smallest absolute Gasteiger partial charge is 0.175 e. The number of benzene rings is 3. The molecule has 5 aromatic rings. The molecule has 0 unspecified atom stereocenters. The zero-order valence-electron chi connectivity index (χ0n) is 17.2. The second kappa shape index (κ2) is 7.61. The molecule has 0 saturated heterocycles. The third kappa shape index (κ3) is 3.63. The molecule has 32 heavy (non-hydrogen) atoms. The normalized spacial score (nSPS) is 11.8. The van der Waals surface area contributed by atoms with Crippen LogP contribution in [0.15, 0.2) is 77.7 Å². The fraction of sp³-hybridized carbons (Fsp3) is 0.0870. The maximum absolute atomic E-state index is 11.9. The molecule has 160 valence electrons. The van der Waals surface area contributed by atoms with Gasteiger partial charge in [-0.2, -0.15) is 5.10 Å². The number of aromatic amines is 1. The van der Waals surface area contributed by atoms with Gasteiger partial charge in [0.05, 0.1) is 22.7 Å². The first-order valence-corrected chi connectivity index (χ1v) is 11.8. The van der Waals surface area contributed by atoms with Gasteiger partial charge in [0.25, 0.3) is 0 Å². The molecule has 3 N–H and O–H groups in total. The first kappa shape index (κ1) is 20.0. The van der Waals surface area contributed by atoms with Crippen LogP contribution in [-0.2, 0) is 16.4 Å². The molecule has 8 nitrogen and oxygen atoms in total. The lowest BCUT2D eigenvalue weighted by atomic mass is 10.0. The summed E-state index contributed by atoms with van der Waals surface area (Å²) in [6.45, 7) is 0.521. The summed E-state index contributed by atoms with van der Waals surface area (Å²) in [7, 11) is -3.29. The number of hydrogen-bond acceptors (Lipinski definition) is 6. The third-order valence-electron chi connectivity index (χ3n) is 5.33. The van der Waals surface area contributed by atoms with Gasteiger partial charge in [-0.05, 0) is 29.8 Å². The predicted molar refractivity (Wildman–Crippen MR) is 124 cm³/mol. The topological polar surface area (TPSA) is 120 Å². The van der Waals surface area contributed by atoms with Gasteiger partial charge in [0.15, 0.2) is 15.7 Å². The van der Waals surface area contributed by atoms with Gasteiger partial charge in [-0.1, -0.05) is 53.7 Å². The first-order chi connectivity index (χ1) is 15.4. The maximum atomic E-state index is 11.9. The Morgan fingerprint density at radius 2 is 1.69 bits per heavy atom. The average molecular weight is 445 g/mol. The van der Waals surface area contributed by atoms with Crippen LogP contribution in [0.1, 0.15) is 5.56 Å². The third-order valence-corrected chi connectivity index (χ3v) is 6.46. The van der Waals surface area contributed by atoms with E-state index in [9.17, 15) is 8.42 Å². The number of anilines is 1. The summed E-state index contributed by atoms with van der Waals surface area (Å²) < 4.78 is 25.6. The van der Waals surface area contributed by atoms with Crippen LogP contribution in [0.5, 0.6) is 0 Å². The molecule has 0 atom stereocenters. The summed E-state index contributed by atoms with van der Waals surface area (Å²) in [5, 5.41) is 16.7. The van der Waals surface area contributed by atoms with Crippen LogP contribution in [0.2, 0.25) is 0 Å². The highest BCUT2D eigenvalue weighted by molar-refractivity contribution is 7.90. The van der Waals surface area contributed by atoms with Crippen molar-refractivity contribution >= 4 is 26.6 Å². The number of sulfone groups is 1. The van der Waals surface area contributed by atoms with Crippen LogP contribution in [0.4, 0.5) is 5.82 Å². The Morgan fingerprint density at radius 3 is 2.41 bits per heavy atom. The van der Waals surface area contributed by atoms with Crippen LogP contribution in [0, 0.1) is 0 Å². The van der Waals surface area contributed by atoms with E-state index in [0.717, 1.165) is 33.3 Å². The van der Waals surface area contributed by atoms with Gasteiger partial charge in [0.2, 0.25) is 0 Å². The fourth-order valence-electron chi connectivity index (χ4n) is 3.70. The van der Waals surface area contributed by atoms with Crippen molar-refractivity contribution in [2.75, 3.05) is 12.0 Å². The number of nitrogens with zero attached hydrogens (tertiary/aromatic N) is 4. The standard InChI is InChI=1S/C23H20N6O2S/c1-32(30,31)18-10-7-16(8-11-18)22-21(17-9-12-20-19(13-17)23(24)27-25-20)26-28-29(22)14-15-5-3-2-4-6-15/h2-13H,14H2,1H3,(H3,24,25,27). The van der Waals surface area contributed by atoms with Gasteiger partial charge in [-0.25, -0.2) is 13.1 Å². The van der Waals surface area contributed by atoms with E-state index in [4.69, 9.17) is 5.73 Å². The zero-order valence-corrected chi connectivity index (χ0v) is 18.0. The highest BCUT2D eigenvalue weighted by atomic mass is 32.2. The van der Waals surface area contributed by atoms with Crippen LogP contribution in [-0.4, -0.2) is 39.9 Å². The summed E-state index contributed by atoms with van der Waals surface area (Å²) in [6, 6.07) is 22.5. The molecule has 0 aliphatic rings. The number of rotatable bonds is 5. The van der Waals surface area contributed by atoms with Gasteiger partial charge in [0.1, 0.15) is 5.69 Å². The fourth-order valence-corrected chi connectivity index (χ4v) is 4.33. The lowest BCUT2D eigenvalue weighted by molar-refractivity contribution is 0.602. The number of nitrogens with one attached hydrogen (secondary N) is 1. The number of H-pyrrole nitrogens is 1. The number of fused-ring (bicyclic) bond motifs is 1. The molecule has 2 heterocycles. The van der Waals surface area contributed by atoms with Crippen molar-refractivity contribution in [1.29, 1.82) is 0 Å². The highest BCUT2D eigenvalue weighted by Gasteiger charge is 2.19. The van der Waals surface area contributed by atoms with Gasteiger partial charge in [-0.15, -0.1) is 5.10 Å². The summed E-state index contributed by atoms with van der Waals surface area (Å²) in [5.41, 5.74) is 11.0. The van der Waals surface area contributed by atoms with Crippen LogP contribution in [0.25, 0.3) is 33.4 Å². The number of nitrogen functional groups attached to an aromatic ring is 1. The van der Waals surface area contributed by atoms with Crippen molar-refractivity contribution in [3.8, 4) is 22.5 Å². The number of nitrogens with two attached hydrogens (primary N) is 1. The van der Waals surface area contributed by atoms with E-state index in [1.165, 1.54) is 6.26 Å². The Morgan fingerprint density at radius 1 is 0.969 bits per heavy atom. The second-order valence-electron chi connectivity index (χ2n) is 7.60. The first-order valence-electron chi connectivity index (χ1n) is 9.92. The Balaban J connectivity index is 1.67. The molecule has 0 bridgehead atoms. The molecule has 0 amide bonds. The lowest BCUT2D eigenvalue weighted by Gasteiger charge is -2.10. The molecule has 0 fully saturated rings. The van der Waals surface area contributed by atoms with E-state index in [1.807, 2.05) is 53.2 Å². The highest BCUT2D eigenvalue weighted by Crippen LogP contribution is 2.33. The molecule has 5 rings (SSSR count). The van der Waals surface area contributed by atoms with E-state index in [0.29, 0.717) is 18.1 Å². The van der Waals surface area contributed by atoms with Crippen molar-refractivity contribution in [3.63, 3.8) is 0 Å². The molecule has 9 heteroatoms. The molecular formula is C23H20N6O2S. The molecule has 0 radical (unpaired) electrons. The average Bonchev–Trinajstić information content (AvgIpc) is 3.37. The molecule has 0 aliphatic heterocycles. The molecular weight excluding hydrogens is 424 g/mol. The SMILES string of the molecule is CS(=O)(=O)c1ccc(-c2c(-c3ccc4[nH]nc(N)c4c3)nnn2Cc2ccccc2)cc1. The monoisotopic (exact) mass is 444 g/mol. The Kier molecular flexibility index (Phi) is 4.75. The van der Waals surface area contributed by atoms with Crippen molar-refractivity contribution in [2.45, 2.75) is 11.4 Å². The minimum atomic E-state index is -3.29. The van der Waals surface area contributed by atoms with Crippen molar-refractivity contribution in [3.05, 3.63) is 78.4 Å². The van der Waals surface area contributed by atoms with E-state index >= 15 is 0 Å². The molecule has 3 aromatic carbocycles. The molecule has 0 spiro atoms. The second-order valence-corrected chi connectivity index (χ2v) is 9.61. The maximum Gasteiger partial charge on any atom is 0.175 e. The lowest BCUT2D eigenvalue weighted by Crippen LogP contribution is -2.04. The Hall–Kier alpha value is -3.98. The minimum Gasteiger partial charge on any atom is -0.382 e. The van der Waals surface area contributed by atoms with E-state index in [-0.39, 0.29) is 4.90 Å². The quantitative estimate of drug-likeness (QED) is 0.428. The summed E-state index contributed by atoms with van der Waals surface area (Å²) in [5.74, 6) is 0.414. The zero-order chi connectivity index (χ0) is 22.3. The van der Waals surface area contributed by atoms with E-state index in [1.54, 1.807) is 24.3 Å².